The largest absolute Gasteiger partial charge is 0.481 e. The summed E-state index contributed by atoms with van der Waals surface area (Å²) < 4.78 is 5.00. The number of anilines is 1. The fraction of sp³-hybridized carbons (Fsp3) is 0.429. The lowest BCUT2D eigenvalue weighted by molar-refractivity contribution is 0.159. The number of H-pyrrole nitrogens is 1. The van der Waals surface area contributed by atoms with Crippen LogP contribution < -0.4 is 10.1 Å². The van der Waals surface area contributed by atoms with Crippen molar-refractivity contribution in [3.05, 3.63) is 30.5 Å². The minimum Gasteiger partial charge on any atom is -0.481 e. The number of hydrogen-bond acceptors (Lipinski definition) is 5. The van der Waals surface area contributed by atoms with Crippen molar-refractivity contribution in [3.63, 3.8) is 0 Å². The molecule has 1 unspecified atom stereocenters. The van der Waals surface area contributed by atoms with Crippen molar-refractivity contribution in [2.45, 2.75) is 25.3 Å². The van der Waals surface area contributed by atoms with Crippen LogP contribution in [-0.2, 0) is 0 Å². The number of methoxy groups -OCH3 is 1. The molecule has 0 spiro atoms. The number of nitrogens with zero attached hydrogens (tertiary/aromatic N) is 4. The summed E-state index contributed by atoms with van der Waals surface area (Å²) in [6.45, 7) is 0.695. The van der Waals surface area contributed by atoms with Crippen molar-refractivity contribution >= 4 is 11.7 Å². The Balaban J connectivity index is 1.71. The molecule has 22 heavy (non-hydrogen) atoms. The molecule has 2 aromatic rings. The number of ether oxygens (including phenoxy) is 1. The SMILES string of the molecule is COc1ccc(NC(=O)N2CCCCC2c2ncn[nH]2)cn1. The maximum Gasteiger partial charge on any atom is 0.322 e. The van der Waals surface area contributed by atoms with Crippen molar-refractivity contribution < 1.29 is 9.53 Å². The highest BCUT2D eigenvalue weighted by Crippen LogP contribution is 2.29. The van der Waals surface area contributed by atoms with E-state index in [-0.39, 0.29) is 12.1 Å². The second-order valence-corrected chi connectivity index (χ2v) is 5.10. The van der Waals surface area contributed by atoms with Gasteiger partial charge in [0.05, 0.1) is 25.0 Å². The summed E-state index contributed by atoms with van der Waals surface area (Å²) >= 11 is 0. The molecule has 1 aliphatic heterocycles. The number of pyridine rings is 1. The highest BCUT2D eigenvalue weighted by atomic mass is 16.5. The quantitative estimate of drug-likeness (QED) is 0.903. The van der Waals surface area contributed by atoms with Gasteiger partial charge in [0.2, 0.25) is 5.88 Å². The van der Waals surface area contributed by atoms with Crippen LogP contribution in [0.25, 0.3) is 0 Å². The molecule has 0 bridgehead atoms. The Kier molecular flexibility index (Phi) is 4.17. The molecule has 8 heteroatoms. The van der Waals surface area contributed by atoms with Gasteiger partial charge < -0.3 is 15.0 Å². The van der Waals surface area contributed by atoms with Gasteiger partial charge in [-0.1, -0.05) is 0 Å². The predicted molar refractivity (Wildman–Crippen MR) is 79.5 cm³/mol. The van der Waals surface area contributed by atoms with Gasteiger partial charge >= 0.3 is 6.03 Å². The number of piperidine rings is 1. The number of carbonyl (C=O) groups excluding carboxylic acids is 1. The van der Waals surface area contributed by atoms with Gasteiger partial charge in [0.15, 0.2) is 0 Å². The van der Waals surface area contributed by atoms with E-state index in [1.165, 1.54) is 6.33 Å². The van der Waals surface area contributed by atoms with E-state index in [0.29, 0.717) is 18.1 Å². The van der Waals surface area contributed by atoms with E-state index in [0.717, 1.165) is 25.1 Å². The standard InChI is InChI=1S/C14H18N6O2/c1-22-12-6-5-10(8-15-12)18-14(21)20-7-3-2-4-11(20)13-16-9-17-19-13/h5-6,8-9,11H,2-4,7H2,1H3,(H,18,21)(H,16,17,19). The van der Waals surface area contributed by atoms with Gasteiger partial charge in [0, 0.05) is 12.6 Å². The molecule has 3 rings (SSSR count). The number of aromatic amines is 1. The Labute approximate surface area is 127 Å². The molecule has 0 saturated carbocycles. The first kappa shape index (κ1) is 14.3. The fourth-order valence-electron chi connectivity index (χ4n) is 2.60. The summed E-state index contributed by atoms with van der Waals surface area (Å²) in [5, 5.41) is 9.60. The minimum absolute atomic E-state index is 0.0672. The van der Waals surface area contributed by atoms with Gasteiger partial charge in [-0.2, -0.15) is 5.10 Å². The molecule has 0 aromatic carbocycles. The summed E-state index contributed by atoms with van der Waals surface area (Å²) in [6, 6.07) is 3.24. The van der Waals surface area contributed by atoms with E-state index in [1.54, 1.807) is 30.3 Å². The predicted octanol–water partition coefficient (Wildman–Crippen LogP) is 1.97. The number of likely N-dealkylation sites (tertiary alicyclic amines) is 1. The number of hydrogen-bond donors (Lipinski definition) is 2. The number of nitrogens with one attached hydrogen (secondary N) is 2. The van der Waals surface area contributed by atoms with E-state index >= 15 is 0 Å². The molecule has 0 aliphatic carbocycles. The number of rotatable bonds is 3. The van der Waals surface area contributed by atoms with Crippen molar-refractivity contribution in [3.8, 4) is 5.88 Å². The molecule has 0 radical (unpaired) electrons. The van der Waals surface area contributed by atoms with E-state index in [4.69, 9.17) is 4.74 Å². The Morgan fingerprint density at radius 2 is 2.32 bits per heavy atom. The Morgan fingerprint density at radius 1 is 1.41 bits per heavy atom. The third-order valence-electron chi connectivity index (χ3n) is 3.71. The van der Waals surface area contributed by atoms with Gasteiger partial charge in [0.1, 0.15) is 12.2 Å². The topological polar surface area (TPSA) is 96.0 Å². The summed E-state index contributed by atoms with van der Waals surface area (Å²) in [5.41, 5.74) is 0.632. The molecular weight excluding hydrogens is 284 g/mol. The van der Waals surface area contributed by atoms with Crippen LogP contribution in [0.5, 0.6) is 5.88 Å². The lowest BCUT2D eigenvalue weighted by Gasteiger charge is -2.34. The number of urea groups is 1. The van der Waals surface area contributed by atoms with Crippen molar-refractivity contribution in [2.75, 3.05) is 19.0 Å². The number of carbonyl (C=O) groups is 1. The van der Waals surface area contributed by atoms with E-state index in [1.807, 2.05) is 0 Å². The zero-order valence-electron chi connectivity index (χ0n) is 12.3. The zero-order valence-corrected chi connectivity index (χ0v) is 12.3. The summed E-state index contributed by atoms with van der Waals surface area (Å²) in [4.78, 5) is 22.6. The average Bonchev–Trinajstić information content (AvgIpc) is 3.10. The van der Waals surface area contributed by atoms with Crippen LogP contribution in [-0.4, -0.2) is 44.8 Å². The monoisotopic (exact) mass is 302 g/mol. The van der Waals surface area contributed by atoms with Crippen LogP contribution in [0, 0.1) is 0 Å². The fourth-order valence-corrected chi connectivity index (χ4v) is 2.60. The van der Waals surface area contributed by atoms with E-state index < -0.39 is 0 Å². The Morgan fingerprint density at radius 3 is 3.00 bits per heavy atom. The van der Waals surface area contributed by atoms with Gasteiger partial charge in [0.25, 0.3) is 0 Å². The average molecular weight is 302 g/mol. The van der Waals surface area contributed by atoms with Crippen LogP contribution in [0.15, 0.2) is 24.7 Å². The molecule has 2 N–H and O–H groups in total. The first-order chi connectivity index (χ1) is 10.8. The van der Waals surface area contributed by atoms with Gasteiger partial charge in [-0.3, -0.25) is 5.10 Å². The molecule has 1 saturated heterocycles. The maximum atomic E-state index is 12.5. The summed E-state index contributed by atoms with van der Waals surface area (Å²) in [6.07, 6.45) is 5.97. The molecule has 8 nitrogen and oxygen atoms in total. The van der Waals surface area contributed by atoms with Gasteiger partial charge in [-0.15, -0.1) is 0 Å². The second kappa shape index (κ2) is 6.42. The van der Waals surface area contributed by atoms with Crippen LogP contribution in [0.2, 0.25) is 0 Å². The van der Waals surface area contributed by atoms with Crippen LogP contribution >= 0.6 is 0 Å². The Bertz CT molecular complexity index is 613. The molecule has 1 aliphatic rings. The molecule has 3 heterocycles. The lowest BCUT2D eigenvalue weighted by Crippen LogP contribution is -2.41. The van der Waals surface area contributed by atoms with Crippen LogP contribution in [0.1, 0.15) is 31.1 Å². The first-order valence-corrected chi connectivity index (χ1v) is 7.21. The normalized spacial score (nSPS) is 18.0. The number of aromatic nitrogens is 4. The molecule has 2 aromatic heterocycles. The smallest absolute Gasteiger partial charge is 0.322 e. The van der Waals surface area contributed by atoms with Crippen LogP contribution in [0.4, 0.5) is 10.5 Å². The van der Waals surface area contributed by atoms with E-state index in [2.05, 4.69) is 25.5 Å². The lowest BCUT2D eigenvalue weighted by atomic mass is 10.0. The zero-order chi connectivity index (χ0) is 15.4. The molecule has 1 fully saturated rings. The molecule has 2 amide bonds. The Hall–Kier alpha value is -2.64. The third kappa shape index (κ3) is 3.00. The third-order valence-corrected chi connectivity index (χ3v) is 3.71. The maximum absolute atomic E-state index is 12.5. The second-order valence-electron chi connectivity index (χ2n) is 5.10. The molecule has 1 atom stereocenters. The van der Waals surface area contributed by atoms with Gasteiger partial charge in [-0.05, 0) is 25.3 Å². The van der Waals surface area contributed by atoms with Gasteiger partial charge in [-0.25, -0.2) is 14.8 Å². The molecule has 116 valence electrons. The highest BCUT2D eigenvalue weighted by Gasteiger charge is 2.29. The summed E-state index contributed by atoms with van der Waals surface area (Å²) in [7, 11) is 1.55. The van der Waals surface area contributed by atoms with Crippen molar-refractivity contribution in [1.82, 2.24) is 25.1 Å². The minimum atomic E-state index is -0.159. The first-order valence-electron chi connectivity index (χ1n) is 7.21. The van der Waals surface area contributed by atoms with Crippen molar-refractivity contribution in [1.29, 1.82) is 0 Å². The van der Waals surface area contributed by atoms with E-state index in [9.17, 15) is 4.79 Å². The van der Waals surface area contributed by atoms with Crippen molar-refractivity contribution in [2.24, 2.45) is 0 Å². The highest BCUT2D eigenvalue weighted by molar-refractivity contribution is 5.89. The summed E-state index contributed by atoms with van der Waals surface area (Å²) in [5.74, 6) is 1.23. The molecular formula is C14H18N6O2. The number of amides is 2. The van der Waals surface area contributed by atoms with Crippen LogP contribution in [0.3, 0.4) is 0 Å².